The number of aryl methyl sites for hydroxylation is 1. The lowest BCUT2D eigenvalue weighted by Gasteiger charge is -2.11. The number of aromatic nitrogens is 1. The van der Waals surface area contributed by atoms with Crippen molar-refractivity contribution >= 4 is 32.2 Å². The lowest BCUT2D eigenvalue weighted by molar-refractivity contribution is 0.331. The van der Waals surface area contributed by atoms with Crippen LogP contribution in [0, 0.1) is 6.92 Å². The monoisotopic (exact) mass is 313 g/mol. The molecule has 1 aromatic heterocycles. The molecule has 0 saturated heterocycles. The molecule has 3 N–H and O–H groups in total. The number of ether oxygens (including phenoxy) is 1. The Bertz CT molecular complexity index is 710. The molecule has 0 atom stereocenters. The van der Waals surface area contributed by atoms with Crippen molar-refractivity contribution in [2.75, 3.05) is 17.1 Å². The van der Waals surface area contributed by atoms with E-state index in [0.717, 1.165) is 5.69 Å². The summed E-state index contributed by atoms with van der Waals surface area (Å²) in [4.78, 5) is 4.08. The van der Waals surface area contributed by atoms with Crippen molar-refractivity contribution in [1.29, 1.82) is 0 Å². The molecular weight excluding hydrogens is 298 g/mol. The molecule has 2 aromatic rings. The van der Waals surface area contributed by atoms with Crippen LogP contribution in [0.3, 0.4) is 0 Å². The molecule has 1 heterocycles. The van der Waals surface area contributed by atoms with Crippen LogP contribution in [0.1, 0.15) is 12.6 Å². The molecule has 1 aromatic carbocycles. The van der Waals surface area contributed by atoms with Gasteiger partial charge < -0.3 is 10.5 Å². The fraction of sp³-hybridized carbons (Fsp3) is 0.250. The largest absolute Gasteiger partial charge is 0.492 e. The van der Waals surface area contributed by atoms with Crippen LogP contribution in [-0.2, 0) is 10.0 Å². The average molecular weight is 313 g/mol. The highest BCUT2D eigenvalue weighted by atomic mass is 32.2. The maximum Gasteiger partial charge on any atom is 0.267 e. The van der Waals surface area contributed by atoms with E-state index in [4.69, 9.17) is 10.5 Å². The summed E-state index contributed by atoms with van der Waals surface area (Å²) in [7, 11) is -3.78. The Morgan fingerprint density at radius 1 is 1.45 bits per heavy atom. The Kier molecular flexibility index (Phi) is 4.15. The number of anilines is 2. The van der Waals surface area contributed by atoms with E-state index in [1.165, 1.54) is 17.4 Å². The van der Waals surface area contributed by atoms with Gasteiger partial charge in [0.15, 0.2) is 5.13 Å². The molecule has 0 amide bonds. The lowest BCUT2D eigenvalue weighted by atomic mass is 10.3. The third-order valence-electron chi connectivity index (χ3n) is 2.40. The summed E-state index contributed by atoms with van der Waals surface area (Å²) in [5.41, 5.74) is 6.76. The van der Waals surface area contributed by atoms with Gasteiger partial charge in [-0.2, -0.15) is 0 Å². The highest BCUT2D eigenvalue weighted by Crippen LogP contribution is 2.28. The quantitative estimate of drug-likeness (QED) is 0.826. The number of thiazole rings is 1. The second kappa shape index (κ2) is 5.68. The Morgan fingerprint density at radius 3 is 2.80 bits per heavy atom. The van der Waals surface area contributed by atoms with Crippen molar-refractivity contribution in [3.63, 3.8) is 0 Å². The van der Waals surface area contributed by atoms with Gasteiger partial charge in [-0.1, -0.05) is 0 Å². The molecule has 0 saturated carbocycles. The molecule has 0 aliphatic rings. The van der Waals surface area contributed by atoms with Crippen molar-refractivity contribution in [2.24, 2.45) is 0 Å². The van der Waals surface area contributed by atoms with Crippen LogP contribution >= 0.6 is 11.3 Å². The molecule has 0 radical (unpaired) electrons. The van der Waals surface area contributed by atoms with Crippen molar-refractivity contribution in [2.45, 2.75) is 18.7 Å². The molecule has 0 bridgehead atoms. The van der Waals surface area contributed by atoms with E-state index >= 15 is 0 Å². The molecule has 0 unspecified atom stereocenters. The first kappa shape index (κ1) is 14.6. The third kappa shape index (κ3) is 3.20. The standard InChI is InChI=1S/C12H15N3O3S2/c1-3-18-10-5-4-9(13)6-11(10)20(16,17)15-12-14-8(2)7-19-12/h4-7H,3,13H2,1-2H3,(H,14,15). The molecule has 0 aliphatic heterocycles. The predicted octanol–water partition coefficient (Wildman–Crippen LogP) is 2.23. The van der Waals surface area contributed by atoms with E-state index in [2.05, 4.69) is 9.71 Å². The average Bonchev–Trinajstić information content (AvgIpc) is 2.76. The molecule has 0 spiro atoms. The van der Waals surface area contributed by atoms with Crippen LogP contribution in [-0.4, -0.2) is 20.0 Å². The van der Waals surface area contributed by atoms with Gasteiger partial charge in [0.2, 0.25) is 0 Å². The molecule has 6 nitrogen and oxygen atoms in total. The van der Waals surface area contributed by atoms with Crippen molar-refractivity contribution in [1.82, 2.24) is 4.98 Å². The Balaban J connectivity index is 2.40. The maximum atomic E-state index is 12.4. The zero-order valence-electron chi connectivity index (χ0n) is 11.1. The second-order valence-corrected chi connectivity index (χ2v) is 6.55. The number of sulfonamides is 1. The lowest BCUT2D eigenvalue weighted by Crippen LogP contribution is -2.14. The zero-order valence-corrected chi connectivity index (χ0v) is 12.7. The molecule has 108 valence electrons. The van der Waals surface area contributed by atoms with Crippen LogP contribution in [0.5, 0.6) is 5.75 Å². The first-order valence-electron chi connectivity index (χ1n) is 5.89. The number of hydrogen-bond acceptors (Lipinski definition) is 6. The van der Waals surface area contributed by atoms with Crippen LogP contribution in [0.2, 0.25) is 0 Å². The van der Waals surface area contributed by atoms with Gasteiger partial charge in [-0.05, 0) is 32.0 Å². The van der Waals surface area contributed by atoms with Gasteiger partial charge in [0, 0.05) is 11.1 Å². The van der Waals surface area contributed by atoms with Crippen molar-refractivity contribution < 1.29 is 13.2 Å². The number of hydrogen-bond donors (Lipinski definition) is 2. The zero-order chi connectivity index (χ0) is 14.8. The SMILES string of the molecule is CCOc1ccc(N)cc1S(=O)(=O)Nc1nc(C)cs1. The highest BCUT2D eigenvalue weighted by Gasteiger charge is 2.21. The van der Waals surface area contributed by atoms with Gasteiger partial charge >= 0.3 is 0 Å². The third-order valence-corrected chi connectivity index (χ3v) is 4.76. The van der Waals surface area contributed by atoms with Gasteiger partial charge in [-0.15, -0.1) is 11.3 Å². The topological polar surface area (TPSA) is 94.3 Å². The first-order valence-corrected chi connectivity index (χ1v) is 8.26. The molecular formula is C12H15N3O3S2. The van der Waals surface area contributed by atoms with Crippen LogP contribution in [0.15, 0.2) is 28.5 Å². The van der Waals surface area contributed by atoms with E-state index in [9.17, 15) is 8.42 Å². The summed E-state index contributed by atoms with van der Waals surface area (Å²) >= 11 is 1.22. The van der Waals surface area contributed by atoms with Gasteiger partial charge in [-0.25, -0.2) is 13.4 Å². The van der Waals surface area contributed by atoms with Gasteiger partial charge in [-0.3, -0.25) is 4.72 Å². The maximum absolute atomic E-state index is 12.4. The summed E-state index contributed by atoms with van der Waals surface area (Å²) in [5, 5.41) is 2.08. The van der Waals surface area contributed by atoms with Crippen LogP contribution < -0.4 is 15.2 Å². The predicted molar refractivity (Wildman–Crippen MR) is 79.7 cm³/mol. The number of nitrogens with two attached hydrogens (primary N) is 1. The summed E-state index contributed by atoms with van der Waals surface area (Å²) in [6, 6.07) is 4.51. The van der Waals surface area contributed by atoms with E-state index < -0.39 is 10.0 Å². The minimum atomic E-state index is -3.78. The van der Waals surface area contributed by atoms with E-state index in [1.54, 1.807) is 31.4 Å². The number of rotatable bonds is 5. The highest BCUT2D eigenvalue weighted by molar-refractivity contribution is 7.93. The smallest absolute Gasteiger partial charge is 0.267 e. The normalized spacial score (nSPS) is 11.3. The summed E-state index contributed by atoms with van der Waals surface area (Å²) in [5.74, 6) is 0.266. The molecule has 20 heavy (non-hydrogen) atoms. The van der Waals surface area contributed by atoms with Gasteiger partial charge in [0.25, 0.3) is 10.0 Å². The molecule has 8 heteroatoms. The summed E-state index contributed by atoms with van der Waals surface area (Å²) in [6.07, 6.45) is 0. The minimum absolute atomic E-state index is 0.00667. The van der Waals surface area contributed by atoms with E-state index in [0.29, 0.717) is 17.4 Å². The first-order chi connectivity index (χ1) is 9.42. The van der Waals surface area contributed by atoms with Crippen LogP contribution in [0.25, 0.3) is 0 Å². The fourth-order valence-corrected chi connectivity index (χ4v) is 3.70. The van der Waals surface area contributed by atoms with E-state index in [-0.39, 0.29) is 10.6 Å². The van der Waals surface area contributed by atoms with Crippen LogP contribution in [0.4, 0.5) is 10.8 Å². The fourth-order valence-electron chi connectivity index (χ4n) is 1.58. The number of nitrogens with one attached hydrogen (secondary N) is 1. The number of nitrogens with zero attached hydrogens (tertiary/aromatic N) is 1. The number of nitrogen functional groups attached to an aromatic ring is 1. The Labute approximate surface area is 121 Å². The molecule has 2 rings (SSSR count). The molecule has 0 aliphatic carbocycles. The van der Waals surface area contributed by atoms with E-state index in [1.807, 2.05) is 0 Å². The Morgan fingerprint density at radius 2 is 2.20 bits per heavy atom. The number of benzene rings is 1. The van der Waals surface area contributed by atoms with Crippen molar-refractivity contribution in [3.05, 3.63) is 29.3 Å². The van der Waals surface area contributed by atoms with Gasteiger partial charge in [0.1, 0.15) is 10.6 Å². The summed E-state index contributed by atoms with van der Waals surface area (Å²) < 4.78 is 32.5. The second-order valence-electron chi connectivity index (χ2n) is 4.04. The molecule has 0 fully saturated rings. The summed E-state index contributed by atoms with van der Waals surface area (Å²) in [6.45, 7) is 3.94. The van der Waals surface area contributed by atoms with Gasteiger partial charge in [0.05, 0.1) is 12.3 Å². The Hall–Kier alpha value is -1.80. The van der Waals surface area contributed by atoms with Crippen molar-refractivity contribution in [3.8, 4) is 5.75 Å². The minimum Gasteiger partial charge on any atom is -0.492 e.